The van der Waals surface area contributed by atoms with Crippen LogP contribution in [0.25, 0.3) is 0 Å². The summed E-state index contributed by atoms with van der Waals surface area (Å²) < 4.78 is 22.3. The van der Waals surface area contributed by atoms with E-state index in [1.807, 2.05) is 104 Å². The molecule has 7 heteroatoms. The Hall–Kier alpha value is -3.29. The van der Waals surface area contributed by atoms with Gasteiger partial charge in [0.05, 0.1) is 23.6 Å². The number of halogens is 1. The van der Waals surface area contributed by atoms with Gasteiger partial charge in [-0.15, -0.1) is 0 Å². The van der Waals surface area contributed by atoms with Crippen LogP contribution < -0.4 is 10.0 Å². The van der Waals surface area contributed by atoms with Crippen molar-refractivity contribution in [1.82, 2.24) is 10.0 Å². The van der Waals surface area contributed by atoms with Crippen LogP contribution >= 0.6 is 11.6 Å². The van der Waals surface area contributed by atoms with Crippen molar-refractivity contribution in [2.24, 2.45) is 0 Å². The van der Waals surface area contributed by atoms with Crippen molar-refractivity contribution in [2.45, 2.75) is 36.9 Å². The molecule has 4 rings (SSSR count). The van der Waals surface area contributed by atoms with Gasteiger partial charge in [0.1, 0.15) is 17.0 Å². The minimum absolute atomic E-state index is 0.215. The van der Waals surface area contributed by atoms with Crippen molar-refractivity contribution in [3.8, 4) is 0 Å². The highest BCUT2D eigenvalue weighted by atomic mass is 35.5. The molecule has 196 valence electrons. The molecule has 38 heavy (non-hydrogen) atoms. The van der Waals surface area contributed by atoms with Crippen LogP contribution in [-0.2, 0) is 20.5 Å². The highest BCUT2D eigenvalue weighted by Gasteiger charge is 2.35. The van der Waals surface area contributed by atoms with Crippen LogP contribution in [0.4, 0.5) is 0 Å². The van der Waals surface area contributed by atoms with E-state index in [0.29, 0.717) is 9.92 Å². The number of esters is 1. The number of nitrogens with one attached hydrogen (secondary N) is 2. The summed E-state index contributed by atoms with van der Waals surface area (Å²) in [6, 6.07) is 32.6. The normalized spacial score (nSPS) is 13.6. The minimum atomic E-state index is -1.60. The summed E-state index contributed by atoms with van der Waals surface area (Å²) in [6.07, 6.45) is 0. The van der Waals surface area contributed by atoms with E-state index < -0.39 is 29.0 Å². The third kappa shape index (κ3) is 7.17. The second-order valence-corrected chi connectivity index (χ2v) is 10.6. The minimum Gasteiger partial charge on any atom is -0.465 e. The summed E-state index contributed by atoms with van der Waals surface area (Å²) >= 11 is 6.18. The van der Waals surface area contributed by atoms with Gasteiger partial charge in [0.15, 0.2) is 0 Å². The van der Waals surface area contributed by atoms with Crippen LogP contribution in [0.5, 0.6) is 0 Å². The van der Waals surface area contributed by atoms with Crippen LogP contribution in [0.1, 0.15) is 41.3 Å². The molecule has 0 saturated heterocycles. The Balaban J connectivity index is 1.77. The van der Waals surface area contributed by atoms with Crippen molar-refractivity contribution in [1.29, 1.82) is 0 Å². The molecule has 0 saturated carbocycles. The highest BCUT2D eigenvalue weighted by molar-refractivity contribution is 7.83. The van der Waals surface area contributed by atoms with Gasteiger partial charge >= 0.3 is 5.97 Å². The van der Waals surface area contributed by atoms with E-state index in [-0.39, 0.29) is 12.6 Å². The fourth-order valence-electron chi connectivity index (χ4n) is 4.23. The monoisotopic (exact) mass is 546 g/mol. The van der Waals surface area contributed by atoms with Gasteiger partial charge in [0.25, 0.3) is 0 Å². The Morgan fingerprint density at radius 3 is 1.89 bits per heavy atom. The van der Waals surface area contributed by atoms with Gasteiger partial charge in [0, 0.05) is 5.02 Å². The molecule has 0 bridgehead atoms. The zero-order valence-electron chi connectivity index (χ0n) is 21.3. The summed E-state index contributed by atoms with van der Waals surface area (Å²) in [5.74, 6) is -0.447. The Morgan fingerprint density at radius 1 is 0.816 bits per heavy atom. The Morgan fingerprint density at radius 2 is 1.37 bits per heavy atom. The van der Waals surface area contributed by atoms with Crippen molar-refractivity contribution >= 4 is 28.6 Å². The van der Waals surface area contributed by atoms with Gasteiger partial charge in [0.2, 0.25) is 0 Å². The lowest BCUT2D eigenvalue weighted by atomic mass is 9.94. The highest BCUT2D eigenvalue weighted by Crippen LogP contribution is 2.28. The quantitative estimate of drug-likeness (QED) is 0.216. The van der Waals surface area contributed by atoms with E-state index in [2.05, 4.69) is 10.0 Å². The predicted molar refractivity (Wildman–Crippen MR) is 153 cm³/mol. The molecule has 0 heterocycles. The number of aryl methyl sites for hydroxylation is 1. The zero-order valence-corrected chi connectivity index (χ0v) is 22.9. The Labute approximate surface area is 231 Å². The van der Waals surface area contributed by atoms with E-state index in [1.165, 1.54) is 0 Å². The first-order chi connectivity index (χ1) is 18.5. The average molecular weight is 547 g/mol. The molecule has 0 amide bonds. The number of hydrogen-bond donors (Lipinski definition) is 2. The van der Waals surface area contributed by atoms with E-state index in [9.17, 15) is 9.00 Å². The van der Waals surface area contributed by atoms with Gasteiger partial charge in [-0.3, -0.25) is 10.1 Å². The fraction of sp³-hybridized carbons (Fsp3) is 0.194. The zero-order chi connectivity index (χ0) is 26.9. The molecule has 0 aliphatic heterocycles. The van der Waals surface area contributed by atoms with E-state index >= 15 is 0 Å². The third-order valence-electron chi connectivity index (χ3n) is 6.18. The van der Waals surface area contributed by atoms with E-state index in [1.54, 1.807) is 19.1 Å². The lowest BCUT2D eigenvalue weighted by molar-refractivity contribution is -0.146. The number of carbonyl (C=O) groups is 1. The molecule has 4 aromatic rings. The fourth-order valence-corrected chi connectivity index (χ4v) is 5.38. The van der Waals surface area contributed by atoms with Gasteiger partial charge in [-0.05, 0) is 54.8 Å². The maximum atomic E-state index is 13.5. The summed E-state index contributed by atoms with van der Waals surface area (Å²) in [4.78, 5) is 14.1. The molecule has 0 aliphatic carbocycles. The first-order valence-corrected chi connectivity index (χ1v) is 14.0. The van der Waals surface area contributed by atoms with Crippen LogP contribution in [0.3, 0.4) is 0 Å². The van der Waals surface area contributed by atoms with Crippen molar-refractivity contribution < 1.29 is 13.7 Å². The molecule has 0 aliphatic rings. The molecule has 2 N–H and O–H groups in total. The predicted octanol–water partition coefficient (Wildman–Crippen LogP) is 6.31. The number of benzene rings is 4. The summed E-state index contributed by atoms with van der Waals surface area (Å²) in [5, 5.41) is 4.11. The molecule has 4 aromatic carbocycles. The average Bonchev–Trinajstić information content (AvgIpc) is 2.94. The smallest absolute Gasteiger partial charge is 0.325 e. The van der Waals surface area contributed by atoms with Crippen molar-refractivity contribution in [2.75, 3.05) is 6.61 Å². The van der Waals surface area contributed by atoms with Gasteiger partial charge in [-0.25, -0.2) is 8.93 Å². The molecule has 0 spiro atoms. The van der Waals surface area contributed by atoms with Crippen LogP contribution in [0, 0.1) is 6.92 Å². The molecule has 1 unspecified atom stereocenters. The van der Waals surface area contributed by atoms with E-state index in [0.717, 1.165) is 22.3 Å². The summed E-state index contributed by atoms with van der Waals surface area (Å²) in [6.45, 7) is 3.97. The van der Waals surface area contributed by atoms with Crippen molar-refractivity contribution in [3.63, 3.8) is 0 Å². The molecule has 0 aromatic heterocycles. The van der Waals surface area contributed by atoms with E-state index in [4.69, 9.17) is 16.3 Å². The maximum absolute atomic E-state index is 13.5. The Kier molecular flexibility index (Phi) is 9.85. The van der Waals surface area contributed by atoms with Crippen LogP contribution in [0.15, 0.2) is 114 Å². The van der Waals surface area contributed by atoms with Gasteiger partial charge in [-0.1, -0.05) is 102 Å². The largest absolute Gasteiger partial charge is 0.465 e. The SMILES string of the molecule is CCOC(=O)[C@@H](NC(c1ccccc1)c1ccccc1)[C@@H](NS(=O)c1ccc(C)cc1)c1ccc(Cl)cc1. The van der Waals surface area contributed by atoms with Crippen molar-refractivity contribution in [3.05, 3.63) is 136 Å². The van der Waals surface area contributed by atoms with Crippen LogP contribution in [0.2, 0.25) is 5.02 Å². The molecular weight excluding hydrogens is 516 g/mol. The molecular formula is C31H31ClN2O3S. The lowest BCUT2D eigenvalue weighted by Crippen LogP contribution is -2.49. The number of rotatable bonds is 11. The maximum Gasteiger partial charge on any atom is 0.325 e. The topological polar surface area (TPSA) is 67.4 Å². The number of carbonyl (C=O) groups excluding carboxylic acids is 1. The second kappa shape index (κ2) is 13.5. The summed E-state index contributed by atoms with van der Waals surface area (Å²) in [5.41, 5.74) is 3.80. The molecule has 5 nitrogen and oxygen atoms in total. The Bertz CT molecular complexity index is 1290. The number of hydrogen-bond acceptors (Lipinski definition) is 4. The summed E-state index contributed by atoms with van der Waals surface area (Å²) in [7, 11) is -1.60. The standard InChI is InChI=1S/C31H31ClN2O3S/c1-3-37-31(35)30(33-28(23-10-6-4-7-11-23)24-12-8-5-9-13-24)29(25-16-18-26(32)19-17-25)34-38(36)27-20-14-22(2)15-21-27/h4-21,28-30,33-34H,3H2,1-2H3/t29-,30-,38?/m0/s1. The van der Waals surface area contributed by atoms with Gasteiger partial charge in [-0.2, -0.15) is 0 Å². The van der Waals surface area contributed by atoms with Gasteiger partial charge < -0.3 is 4.74 Å². The lowest BCUT2D eigenvalue weighted by Gasteiger charge is -2.31. The molecule has 0 fully saturated rings. The first-order valence-electron chi connectivity index (χ1n) is 12.5. The second-order valence-electron chi connectivity index (χ2n) is 8.88. The molecule has 3 atom stereocenters. The van der Waals surface area contributed by atoms with Crippen LogP contribution in [-0.4, -0.2) is 22.8 Å². The third-order valence-corrected chi connectivity index (χ3v) is 7.60. The first kappa shape index (κ1) is 27.7. The molecule has 0 radical (unpaired) electrons. The number of ether oxygens (including phenoxy) is 1.